The maximum Gasteiger partial charge on any atom is 0.124 e. The monoisotopic (exact) mass is 291 g/mol. The van der Waals surface area contributed by atoms with Gasteiger partial charge in [-0.3, -0.25) is 0 Å². The Kier molecular flexibility index (Phi) is 4.66. The lowest BCUT2D eigenvalue weighted by Crippen LogP contribution is -2.32. The first-order valence-corrected chi connectivity index (χ1v) is 7.96. The van der Waals surface area contributed by atoms with E-state index in [1.54, 1.807) is 7.11 Å². The van der Waals surface area contributed by atoms with Crippen molar-refractivity contribution in [3.05, 3.63) is 23.8 Å². The van der Waals surface area contributed by atoms with Crippen LogP contribution in [0.1, 0.15) is 37.3 Å². The van der Waals surface area contributed by atoms with Crippen LogP contribution in [0.15, 0.2) is 18.2 Å². The van der Waals surface area contributed by atoms with Gasteiger partial charge < -0.3 is 19.9 Å². The molecule has 1 aromatic rings. The van der Waals surface area contributed by atoms with Crippen LogP contribution in [0.4, 0.5) is 0 Å². The normalized spacial score (nSPS) is 28.0. The van der Waals surface area contributed by atoms with Crippen LogP contribution in [-0.4, -0.2) is 32.0 Å². The number of hydrogen-bond acceptors (Lipinski definition) is 4. The number of rotatable bonds is 5. The summed E-state index contributed by atoms with van der Waals surface area (Å²) in [6.07, 6.45) is 4.62. The smallest absolute Gasteiger partial charge is 0.124 e. The number of methoxy groups -OCH3 is 1. The number of ether oxygens (including phenoxy) is 2. The van der Waals surface area contributed by atoms with Gasteiger partial charge in [0.05, 0.1) is 13.7 Å². The quantitative estimate of drug-likeness (QED) is 0.875. The van der Waals surface area contributed by atoms with E-state index in [1.165, 1.54) is 24.8 Å². The third-order valence-electron chi connectivity index (χ3n) is 4.93. The van der Waals surface area contributed by atoms with E-state index in [-0.39, 0.29) is 0 Å². The summed E-state index contributed by atoms with van der Waals surface area (Å²) >= 11 is 0. The summed E-state index contributed by atoms with van der Waals surface area (Å²) in [7, 11) is 1.69. The third kappa shape index (κ3) is 3.16. The van der Waals surface area contributed by atoms with E-state index in [1.807, 2.05) is 12.1 Å². The van der Waals surface area contributed by atoms with Crippen LogP contribution in [0.2, 0.25) is 0 Å². The third-order valence-corrected chi connectivity index (χ3v) is 4.93. The van der Waals surface area contributed by atoms with Gasteiger partial charge in [-0.05, 0) is 49.4 Å². The fourth-order valence-corrected chi connectivity index (χ4v) is 3.63. The Morgan fingerprint density at radius 1 is 1.29 bits per heavy atom. The molecule has 0 saturated heterocycles. The molecule has 1 aliphatic carbocycles. The van der Waals surface area contributed by atoms with E-state index in [0.717, 1.165) is 31.1 Å². The fraction of sp³-hybridized carbons (Fsp3) is 0.647. The largest absolute Gasteiger partial charge is 0.497 e. The van der Waals surface area contributed by atoms with Crippen LogP contribution in [-0.2, 0) is 0 Å². The Morgan fingerprint density at radius 2 is 2.14 bits per heavy atom. The number of aliphatic hydroxyl groups is 1. The minimum absolute atomic E-state index is 0.323. The van der Waals surface area contributed by atoms with Gasteiger partial charge in [0.1, 0.15) is 11.5 Å². The Bertz CT molecular complexity index is 477. The molecule has 1 fully saturated rings. The summed E-state index contributed by atoms with van der Waals surface area (Å²) in [6, 6.07) is 6.34. The molecule has 0 bridgehead atoms. The van der Waals surface area contributed by atoms with Crippen LogP contribution in [0.5, 0.6) is 11.5 Å². The summed E-state index contributed by atoms with van der Waals surface area (Å²) in [6.45, 7) is 2.06. The lowest BCUT2D eigenvalue weighted by atomic mass is 9.95. The molecule has 3 rings (SSSR count). The van der Waals surface area contributed by atoms with Crippen molar-refractivity contribution in [1.82, 2.24) is 5.32 Å². The molecule has 3 unspecified atom stereocenters. The zero-order valence-corrected chi connectivity index (χ0v) is 12.7. The highest BCUT2D eigenvalue weighted by Crippen LogP contribution is 2.36. The van der Waals surface area contributed by atoms with Crippen molar-refractivity contribution in [2.75, 3.05) is 26.9 Å². The average molecular weight is 291 g/mol. The summed E-state index contributed by atoms with van der Waals surface area (Å²) in [4.78, 5) is 0. The molecule has 0 aromatic heterocycles. The average Bonchev–Trinajstić information content (AvgIpc) is 2.99. The van der Waals surface area contributed by atoms with Gasteiger partial charge in [0, 0.05) is 24.6 Å². The molecular formula is C17H25NO3. The number of aliphatic hydroxyl groups excluding tert-OH is 1. The number of nitrogens with one attached hydrogen (secondary N) is 1. The van der Waals surface area contributed by atoms with Crippen molar-refractivity contribution in [3.63, 3.8) is 0 Å². The van der Waals surface area contributed by atoms with Crippen LogP contribution in [0, 0.1) is 11.8 Å². The molecule has 1 aromatic carbocycles. The van der Waals surface area contributed by atoms with Gasteiger partial charge in [-0.15, -0.1) is 0 Å². The van der Waals surface area contributed by atoms with E-state index >= 15 is 0 Å². The van der Waals surface area contributed by atoms with E-state index in [4.69, 9.17) is 9.47 Å². The highest BCUT2D eigenvalue weighted by molar-refractivity contribution is 5.43. The second-order valence-corrected chi connectivity index (χ2v) is 6.14. The first kappa shape index (κ1) is 14.7. The van der Waals surface area contributed by atoms with E-state index in [0.29, 0.717) is 24.5 Å². The highest BCUT2D eigenvalue weighted by Gasteiger charge is 2.28. The van der Waals surface area contributed by atoms with Gasteiger partial charge in [-0.2, -0.15) is 0 Å². The zero-order valence-electron chi connectivity index (χ0n) is 12.7. The van der Waals surface area contributed by atoms with Crippen molar-refractivity contribution < 1.29 is 14.6 Å². The lowest BCUT2D eigenvalue weighted by molar-refractivity contribution is 0.185. The molecule has 0 amide bonds. The van der Waals surface area contributed by atoms with Crippen molar-refractivity contribution in [1.29, 1.82) is 0 Å². The predicted octanol–water partition coefficient (Wildman–Crippen LogP) is 2.52. The Balaban J connectivity index is 1.67. The van der Waals surface area contributed by atoms with Crippen LogP contribution in [0.25, 0.3) is 0 Å². The number of fused-ring (bicyclic) bond motifs is 1. The summed E-state index contributed by atoms with van der Waals surface area (Å²) in [5, 5.41) is 13.1. The Hall–Kier alpha value is -1.26. The summed E-state index contributed by atoms with van der Waals surface area (Å²) < 4.78 is 11.1. The minimum atomic E-state index is 0.323. The van der Waals surface area contributed by atoms with Crippen LogP contribution < -0.4 is 14.8 Å². The molecule has 1 heterocycles. The maximum absolute atomic E-state index is 9.44. The molecule has 116 valence electrons. The number of hydrogen-bond donors (Lipinski definition) is 2. The predicted molar refractivity (Wildman–Crippen MR) is 81.8 cm³/mol. The van der Waals surface area contributed by atoms with Crippen molar-refractivity contribution in [2.24, 2.45) is 11.8 Å². The second-order valence-electron chi connectivity index (χ2n) is 6.14. The van der Waals surface area contributed by atoms with E-state index in [9.17, 15) is 5.11 Å². The molecule has 4 heteroatoms. The molecule has 1 saturated carbocycles. The Labute approximate surface area is 126 Å². The topological polar surface area (TPSA) is 50.7 Å². The lowest BCUT2D eigenvalue weighted by Gasteiger charge is -2.29. The van der Waals surface area contributed by atoms with E-state index in [2.05, 4.69) is 11.4 Å². The van der Waals surface area contributed by atoms with E-state index < -0.39 is 0 Å². The summed E-state index contributed by atoms with van der Waals surface area (Å²) in [5.41, 5.74) is 1.19. The van der Waals surface area contributed by atoms with Gasteiger partial charge in [-0.25, -0.2) is 0 Å². The molecule has 2 aliphatic rings. The number of benzene rings is 1. The highest BCUT2D eigenvalue weighted by atomic mass is 16.5. The first-order valence-electron chi connectivity index (χ1n) is 7.96. The molecule has 3 atom stereocenters. The molecule has 0 radical (unpaired) electrons. The maximum atomic E-state index is 9.44. The summed E-state index contributed by atoms with van der Waals surface area (Å²) in [5.74, 6) is 2.92. The Morgan fingerprint density at radius 3 is 2.95 bits per heavy atom. The second kappa shape index (κ2) is 6.67. The first-order chi connectivity index (χ1) is 10.3. The molecular weight excluding hydrogens is 266 g/mol. The van der Waals surface area contributed by atoms with Crippen molar-refractivity contribution in [2.45, 2.75) is 31.7 Å². The zero-order chi connectivity index (χ0) is 14.7. The molecule has 2 N–H and O–H groups in total. The van der Waals surface area contributed by atoms with Gasteiger partial charge in [-0.1, -0.05) is 6.42 Å². The minimum Gasteiger partial charge on any atom is -0.497 e. The van der Waals surface area contributed by atoms with Gasteiger partial charge in [0.15, 0.2) is 0 Å². The molecule has 4 nitrogen and oxygen atoms in total. The fourth-order valence-electron chi connectivity index (χ4n) is 3.63. The standard InChI is InChI=1S/C17H25NO3/c1-20-14-5-6-17-15(9-14)16(7-8-21-17)18-10-12-3-2-4-13(12)11-19/h5-6,9,12-13,16,18-19H,2-4,7-8,10-11H2,1H3. The van der Waals surface area contributed by atoms with Crippen LogP contribution in [0.3, 0.4) is 0 Å². The van der Waals surface area contributed by atoms with Crippen molar-refractivity contribution in [3.8, 4) is 11.5 Å². The molecule has 21 heavy (non-hydrogen) atoms. The van der Waals surface area contributed by atoms with Gasteiger partial charge in [0.2, 0.25) is 0 Å². The van der Waals surface area contributed by atoms with Gasteiger partial charge in [0.25, 0.3) is 0 Å². The van der Waals surface area contributed by atoms with Crippen LogP contribution >= 0.6 is 0 Å². The van der Waals surface area contributed by atoms with Crippen molar-refractivity contribution >= 4 is 0 Å². The SMILES string of the molecule is COc1ccc2c(c1)C(NCC1CCCC1CO)CCO2. The molecule has 1 aliphatic heterocycles. The van der Waals surface area contributed by atoms with Gasteiger partial charge >= 0.3 is 0 Å². The molecule has 0 spiro atoms.